The lowest BCUT2D eigenvalue weighted by molar-refractivity contribution is 0.0658. The summed E-state index contributed by atoms with van der Waals surface area (Å²) in [4.78, 5) is 20.3. The highest BCUT2D eigenvalue weighted by atomic mass is 16.3. The second-order valence-corrected chi connectivity index (χ2v) is 7.85. The van der Waals surface area contributed by atoms with Crippen molar-refractivity contribution in [1.82, 2.24) is 25.0 Å². The van der Waals surface area contributed by atoms with Gasteiger partial charge < -0.3 is 14.6 Å². The molecule has 0 spiro atoms. The van der Waals surface area contributed by atoms with Crippen molar-refractivity contribution < 1.29 is 9.21 Å². The molecule has 1 aliphatic heterocycles. The first-order valence-electron chi connectivity index (χ1n) is 9.84. The summed E-state index contributed by atoms with van der Waals surface area (Å²) >= 11 is 0. The topological polar surface area (TPSA) is 76.2 Å². The molecule has 0 radical (unpaired) electrons. The zero-order valence-corrected chi connectivity index (χ0v) is 17.1. The summed E-state index contributed by atoms with van der Waals surface area (Å²) in [6.07, 6.45) is 1.76. The van der Waals surface area contributed by atoms with E-state index in [9.17, 15) is 4.79 Å². The zero-order valence-electron chi connectivity index (χ0n) is 17.1. The number of carbonyl (C=O) groups is 1. The summed E-state index contributed by atoms with van der Waals surface area (Å²) in [7, 11) is 0. The quantitative estimate of drug-likeness (QED) is 0.753. The second kappa shape index (κ2) is 7.05. The van der Waals surface area contributed by atoms with Gasteiger partial charge in [-0.3, -0.25) is 4.79 Å². The third-order valence-corrected chi connectivity index (χ3v) is 5.37. The number of fused-ring (bicyclic) bond motifs is 1. The molecule has 7 heteroatoms. The van der Waals surface area contributed by atoms with Gasteiger partial charge in [-0.25, -0.2) is 9.67 Å². The van der Waals surface area contributed by atoms with Crippen molar-refractivity contribution in [1.29, 1.82) is 0 Å². The molecule has 4 rings (SSSR count). The van der Waals surface area contributed by atoms with Crippen LogP contribution in [0.4, 0.5) is 0 Å². The van der Waals surface area contributed by atoms with Gasteiger partial charge in [0.1, 0.15) is 11.5 Å². The smallest absolute Gasteiger partial charge is 0.255 e. The SMILES string of the molecule is Cc1cc(-c2cc(C(=O)N3CCNCC3C)c3cnn(C(C)C)c3n2)c(C)o1. The number of amides is 1. The fraction of sp³-hybridized carbons (Fsp3) is 0.476. The molecule has 1 N–H and O–H groups in total. The van der Waals surface area contributed by atoms with Crippen molar-refractivity contribution in [2.75, 3.05) is 19.6 Å². The highest BCUT2D eigenvalue weighted by Gasteiger charge is 2.27. The molecule has 1 aliphatic rings. The van der Waals surface area contributed by atoms with Gasteiger partial charge in [0.2, 0.25) is 0 Å². The van der Waals surface area contributed by atoms with Crippen LogP contribution < -0.4 is 5.32 Å². The number of aromatic nitrogens is 3. The predicted octanol–water partition coefficient (Wildman–Crippen LogP) is 3.32. The molecule has 148 valence electrons. The van der Waals surface area contributed by atoms with E-state index in [1.165, 1.54) is 0 Å². The number of nitrogens with one attached hydrogen (secondary N) is 1. The van der Waals surface area contributed by atoms with Crippen LogP contribution in [0.15, 0.2) is 22.7 Å². The second-order valence-electron chi connectivity index (χ2n) is 7.85. The van der Waals surface area contributed by atoms with Gasteiger partial charge in [0.05, 0.1) is 22.8 Å². The average molecular weight is 381 g/mol. The molecular formula is C21H27N5O2. The lowest BCUT2D eigenvalue weighted by Crippen LogP contribution is -2.52. The third-order valence-electron chi connectivity index (χ3n) is 5.37. The van der Waals surface area contributed by atoms with Gasteiger partial charge in [-0.05, 0) is 46.8 Å². The van der Waals surface area contributed by atoms with Crippen LogP contribution in [-0.4, -0.2) is 51.2 Å². The monoisotopic (exact) mass is 381 g/mol. The molecule has 1 fully saturated rings. The Bertz CT molecular complexity index is 1030. The summed E-state index contributed by atoms with van der Waals surface area (Å²) in [6.45, 7) is 12.4. The van der Waals surface area contributed by atoms with E-state index in [0.29, 0.717) is 12.1 Å². The largest absolute Gasteiger partial charge is 0.466 e. The van der Waals surface area contributed by atoms with Crippen LogP contribution in [0.1, 0.15) is 48.7 Å². The zero-order chi connectivity index (χ0) is 20.0. The molecule has 0 bridgehead atoms. The van der Waals surface area contributed by atoms with E-state index in [2.05, 4.69) is 31.2 Å². The molecule has 1 saturated heterocycles. The summed E-state index contributed by atoms with van der Waals surface area (Å²) in [5.41, 5.74) is 3.05. The molecular weight excluding hydrogens is 354 g/mol. The number of pyridine rings is 1. The maximum Gasteiger partial charge on any atom is 0.255 e. The Morgan fingerprint density at radius 1 is 1.32 bits per heavy atom. The normalized spacial score (nSPS) is 17.6. The van der Waals surface area contributed by atoms with Gasteiger partial charge in [0, 0.05) is 37.3 Å². The number of carbonyl (C=O) groups excluding carboxylic acids is 1. The van der Waals surface area contributed by atoms with E-state index in [1.807, 2.05) is 35.6 Å². The Hall–Kier alpha value is -2.67. The summed E-state index contributed by atoms with van der Waals surface area (Å²) in [6, 6.07) is 4.16. The van der Waals surface area contributed by atoms with E-state index in [4.69, 9.17) is 9.40 Å². The fourth-order valence-corrected chi connectivity index (χ4v) is 3.89. The lowest BCUT2D eigenvalue weighted by atomic mass is 10.0. The van der Waals surface area contributed by atoms with Crippen LogP contribution in [0.5, 0.6) is 0 Å². The molecule has 0 aromatic carbocycles. The Labute approximate surface area is 164 Å². The minimum atomic E-state index is 0.0313. The number of hydrogen-bond acceptors (Lipinski definition) is 5. The van der Waals surface area contributed by atoms with Crippen LogP contribution in [0, 0.1) is 13.8 Å². The number of piperazine rings is 1. The molecule has 1 unspecified atom stereocenters. The van der Waals surface area contributed by atoms with E-state index >= 15 is 0 Å². The number of hydrogen-bond donors (Lipinski definition) is 1. The van der Waals surface area contributed by atoms with Crippen LogP contribution in [-0.2, 0) is 0 Å². The number of rotatable bonds is 3. The van der Waals surface area contributed by atoms with Gasteiger partial charge >= 0.3 is 0 Å². The molecule has 0 saturated carbocycles. The first-order valence-corrected chi connectivity index (χ1v) is 9.84. The van der Waals surface area contributed by atoms with Crippen molar-refractivity contribution in [3.63, 3.8) is 0 Å². The first kappa shape index (κ1) is 18.7. The van der Waals surface area contributed by atoms with Crippen molar-refractivity contribution in [3.8, 4) is 11.3 Å². The van der Waals surface area contributed by atoms with Crippen LogP contribution in [0.2, 0.25) is 0 Å². The molecule has 3 aromatic heterocycles. The maximum atomic E-state index is 13.5. The van der Waals surface area contributed by atoms with Crippen molar-refractivity contribution in [2.24, 2.45) is 0 Å². The molecule has 1 amide bonds. The van der Waals surface area contributed by atoms with Crippen molar-refractivity contribution >= 4 is 16.9 Å². The average Bonchev–Trinajstić information content (AvgIpc) is 3.23. The van der Waals surface area contributed by atoms with Gasteiger partial charge in [-0.2, -0.15) is 5.10 Å². The predicted molar refractivity (Wildman–Crippen MR) is 108 cm³/mol. The van der Waals surface area contributed by atoms with E-state index in [-0.39, 0.29) is 18.0 Å². The van der Waals surface area contributed by atoms with Crippen molar-refractivity contribution in [2.45, 2.75) is 46.7 Å². The molecule has 28 heavy (non-hydrogen) atoms. The standard InChI is InChI=1S/C21H27N5O2/c1-12(2)26-20-18(11-23-26)17(21(27)25-7-6-22-10-13(25)3)9-19(24-20)16-8-14(4)28-15(16)5/h8-9,11-13,22H,6-7,10H2,1-5H3. The van der Waals surface area contributed by atoms with E-state index in [0.717, 1.165) is 46.9 Å². The molecule has 1 atom stereocenters. The van der Waals surface area contributed by atoms with E-state index < -0.39 is 0 Å². The molecule has 7 nitrogen and oxygen atoms in total. The van der Waals surface area contributed by atoms with Gasteiger partial charge in [-0.15, -0.1) is 0 Å². The Kier molecular flexibility index (Phi) is 4.71. The van der Waals surface area contributed by atoms with Crippen LogP contribution in [0.3, 0.4) is 0 Å². The Morgan fingerprint density at radius 3 is 2.75 bits per heavy atom. The minimum absolute atomic E-state index is 0.0313. The molecule has 0 aliphatic carbocycles. The highest BCUT2D eigenvalue weighted by molar-refractivity contribution is 6.06. The molecule has 3 aromatic rings. The van der Waals surface area contributed by atoms with Crippen LogP contribution in [0.25, 0.3) is 22.3 Å². The Morgan fingerprint density at radius 2 is 2.11 bits per heavy atom. The van der Waals surface area contributed by atoms with Gasteiger partial charge in [-0.1, -0.05) is 0 Å². The third kappa shape index (κ3) is 3.09. The summed E-state index contributed by atoms with van der Waals surface area (Å²) < 4.78 is 7.58. The first-order chi connectivity index (χ1) is 13.4. The maximum absolute atomic E-state index is 13.5. The lowest BCUT2D eigenvalue weighted by Gasteiger charge is -2.34. The molecule has 4 heterocycles. The van der Waals surface area contributed by atoms with Crippen LogP contribution >= 0.6 is 0 Å². The number of nitrogens with zero attached hydrogens (tertiary/aromatic N) is 4. The van der Waals surface area contributed by atoms with Gasteiger partial charge in [0.15, 0.2) is 5.65 Å². The minimum Gasteiger partial charge on any atom is -0.466 e. The number of furan rings is 1. The van der Waals surface area contributed by atoms with Gasteiger partial charge in [0.25, 0.3) is 5.91 Å². The Balaban J connectivity index is 1.91. The fourth-order valence-electron chi connectivity index (χ4n) is 3.89. The van der Waals surface area contributed by atoms with Crippen molar-refractivity contribution in [3.05, 3.63) is 35.4 Å². The summed E-state index contributed by atoms with van der Waals surface area (Å²) in [5.74, 6) is 1.66. The summed E-state index contributed by atoms with van der Waals surface area (Å²) in [5, 5.41) is 8.65. The van der Waals surface area contributed by atoms with E-state index in [1.54, 1.807) is 6.20 Å². The number of aryl methyl sites for hydroxylation is 2. The highest BCUT2D eigenvalue weighted by Crippen LogP contribution is 2.30.